The van der Waals surface area contributed by atoms with E-state index >= 15 is 0 Å². The van der Waals surface area contributed by atoms with Crippen molar-refractivity contribution >= 4 is 17.2 Å². The first-order valence-corrected chi connectivity index (χ1v) is 9.81. The van der Waals surface area contributed by atoms with Crippen LogP contribution in [0.25, 0.3) is 11.3 Å². The molecule has 1 N–H and O–H groups in total. The normalized spacial score (nSPS) is 10.8. The standard InChI is InChI=1S/C24H19N5O2/c30-24(18-8-10-21(11-9-18)29-14-4-12-25-29)27-19-5-3-6-22(15-19)31-17-20-16-28-13-2-1-7-23(28)26-20/h1-16H,17H2,(H,27,30). The number of nitrogens with one attached hydrogen (secondary N) is 1. The van der Waals surface area contributed by atoms with Crippen molar-refractivity contribution in [2.75, 3.05) is 5.32 Å². The summed E-state index contributed by atoms with van der Waals surface area (Å²) in [4.78, 5) is 17.1. The zero-order valence-corrected chi connectivity index (χ0v) is 16.6. The van der Waals surface area contributed by atoms with E-state index in [0.29, 0.717) is 23.6 Å². The number of anilines is 1. The van der Waals surface area contributed by atoms with Crippen molar-refractivity contribution in [2.45, 2.75) is 6.61 Å². The van der Waals surface area contributed by atoms with Crippen molar-refractivity contribution in [3.63, 3.8) is 0 Å². The molecule has 0 atom stereocenters. The van der Waals surface area contributed by atoms with Crippen LogP contribution < -0.4 is 10.1 Å². The van der Waals surface area contributed by atoms with Crippen LogP contribution in [0.2, 0.25) is 0 Å². The molecule has 0 aliphatic carbocycles. The van der Waals surface area contributed by atoms with Gasteiger partial charge in [-0.15, -0.1) is 0 Å². The lowest BCUT2D eigenvalue weighted by Gasteiger charge is -2.09. The predicted molar refractivity (Wildman–Crippen MR) is 117 cm³/mol. The number of rotatable bonds is 6. The molecule has 3 aromatic heterocycles. The van der Waals surface area contributed by atoms with Crippen molar-refractivity contribution in [2.24, 2.45) is 0 Å². The number of hydrogen-bond acceptors (Lipinski definition) is 4. The molecule has 2 aromatic carbocycles. The summed E-state index contributed by atoms with van der Waals surface area (Å²) >= 11 is 0. The quantitative estimate of drug-likeness (QED) is 0.452. The van der Waals surface area contributed by atoms with Gasteiger partial charge in [0, 0.05) is 42.1 Å². The van der Waals surface area contributed by atoms with Gasteiger partial charge in [0.2, 0.25) is 0 Å². The van der Waals surface area contributed by atoms with E-state index in [1.165, 1.54) is 0 Å². The molecule has 0 unspecified atom stereocenters. The second kappa shape index (κ2) is 8.16. The van der Waals surface area contributed by atoms with Crippen molar-refractivity contribution in [1.82, 2.24) is 19.2 Å². The Morgan fingerprint density at radius 3 is 2.68 bits per heavy atom. The van der Waals surface area contributed by atoms with E-state index in [1.807, 2.05) is 77.6 Å². The lowest BCUT2D eigenvalue weighted by Crippen LogP contribution is -2.12. The van der Waals surface area contributed by atoms with Crippen molar-refractivity contribution in [3.8, 4) is 11.4 Å². The lowest BCUT2D eigenvalue weighted by molar-refractivity contribution is 0.102. The van der Waals surface area contributed by atoms with Crippen LogP contribution in [0.3, 0.4) is 0 Å². The largest absolute Gasteiger partial charge is 0.487 e. The SMILES string of the molecule is O=C(Nc1cccc(OCc2cn3ccccc3n2)c1)c1ccc(-n2cccn2)cc1. The smallest absolute Gasteiger partial charge is 0.255 e. The molecule has 0 bridgehead atoms. The zero-order chi connectivity index (χ0) is 21.0. The van der Waals surface area contributed by atoms with E-state index in [4.69, 9.17) is 4.74 Å². The van der Waals surface area contributed by atoms with Crippen LogP contribution in [0, 0.1) is 0 Å². The second-order valence-electron chi connectivity index (χ2n) is 6.97. The molecule has 7 nitrogen and oxygen atoms in total. The second-order valence-corrected chi connectivity index (χ2v) is 6.97. The summed E-state index contributed by atoms with van der Waals surface area (Å²) < 4.78 is 9.56. The van der Waals surface area contributed by atoms with E-state index in [9.17, 15) is 4.79 Å². The van der Waals surface area contributed by atoms with Gasteiger partial charge in [-0.25, -0.2) is 9.67 Å². The maximum absolute atomic E-state index is 12.6. The van der Waals surface area contributed by atoms with Crippen LogP contribution in [-0.2, 0) is 6.61 Å². The molecular formula is C24H19N5O2. The van der Waals surface area contributed by atoms with Gasteiger partial charge >= 0.3 is 0 Å². The van der Waals surface area contributed by atoms with E-state index < -0.39 is 0 Å². The Balaban J connectivity index is 1.24. The molecule has 31 heavy (non-hydrogen) atoms. The minimum Gasteiger partial charge on any atom is -0.487 e. The summed E-state index contributed by atoms with van der Waals surface area (Å²) in [6.45, 7) is 0.341. The number of fused-ring (bicyclic) bond motifs is 1. The average Bonchev–Trinajstić information content (AvgIpc) is 3.48. The molecule has 3 heterocycles. The molecule has 152 valence electrons. The van der Waals surface area contributed by atoms with Gasteiger partial charge in [0.05, 0.1) is 11.4 Å². The van der Waals surface area contributed by atoms with Gasteiger partial charge in [0.15, 0.2) is 0 Å². The number of ether oxygens (including phenoxy) is 1. The first-order valence-electron chi connectivity index (χ1n) is 9.81. The molecule has 7 heteroatoms. The number of hydrogen-bond donors (Lipinski definition) is 1. The van der Waals surface area contributed by atoms with Gasteiger partial charge in [-0.3, -0.25) is 4.79 Å². The Bertz CT molecular complexity index is 1290. The molecule has 5 rings (SSSR count). The van der Waals surface area contributed by atoms with Crippen LogP contribution in [0.1, 0.15) is 16.1 Å². The number of carbonyl (C=O) groups is 1. The highest BCUT2D eigenvalue weighted by Gasteiger charge is 2.08. The third kappa shape index (κ3) is 4.16. The number of aromatic nitrogens is 4. The molecule has 0 aliphatic rings. The maximum atomic E-state index is 12.6. The molecule has 0 spiro atoms. The Kier molecular flexibility index (Phi) is 4.90. The maximum Gasteiger partial charge on any atom is 0.255 e. The van der Waals surface area contributed by atoms with Crippen LogP contribution in [0.15, 0.2) is 97.6 Å². The van der Waals surface area contributed by atoms with Crippen molar-refractivity contribution < 1.29 is 9.53 Å². The fourth-order valence-corrected chi connectivity index (χ4v) is 3.27. The topological polar surface area (TPSA) is 73.4 Å². The fraction of sp³-hybridized carbons (Fsp3) is 0.0417. The summed E-state index contributed by atoms with van der Waals surface area (Å²) in [5.41, 5.74) is 3.82. The molecule has 0 saturated heterocycles. The highest BCUT2D eigenvalue weighted by atomic mass is 16.5. The van der Waals surface area contributed by atoms with E-state index in [0.717, 1.165) is 17.0 Å². The average molecular weight is 409 g/mol. The van der Waals surface area contributed by atoms with Gasteiger partial charge in [-0.05, 0) is 54.6 Å². The monoisotopic (exact) mass is 409 g/mol. The number of benzene rings is 2. The highest BCUT2D eigenvalue weighted by Crippen LogP contribution is 2.20. The molecule has 0 aliphatic heterocycles. The molecule has 0 fully saturated rings. The number of carbonyl (C=O) groups excluding carboxylic acids is 1. The van der Waals surface area contributed by atoms with Gasteiger partial charge in [0.25, 0.3) is 5.91 Å². The molecule has 5 aromatic rings. The molecule has 0 radical (unpaired) electrons. The molecule has 0 saturated carbocycles. The first kappa shape index (κ1) is 18.6. The Hall–Kier alpha value is -4.39. The minimum atomic E-state index is -0.190. The van der Waals surface area contributed by atoms with Crippen LogP contribution >= 0.6 is 0 Å². The van der Waals surface area contributed by atoms with Crippen LogP contribution in [-0.4, -0.2) is 25.1 Å². The van der Waals surface area contributed by atoms with Crippen LogP contribution in [0.4, 0.5) is 5.69 Å². The Morgan fingerprint density at radius 2 is 1.87 bits per heavy atom. The lowest BCUT2D eigenvalue weighted by atomic mass is 10.2. The predicted octanol–water partition coefficient (Wildman–Crippen LogP) is 4.35. The summed E-state index contributed by atoms with van der Waals surface area (Å²) in [5, 5.41) is 7.10. The highest BCUT2D eigenvalue weighted by molar-refractivity contribution is 6.04. The van der Waals surface area contributed by atoms with Crippen molar-refractivity contribution in [1.29, 1.82) is 0 Å². The first-order chi connectivity index (χ1) is 15.2. The van der Waals surface area contributed by atoms with Crippen LogP contribution in [0.5, 0.6) is 5.75 Å². The van der Waals surface area contributed by atoms with Gasteiger partial charge < -0.3 is 14.5 Å². The van der Waals surface area contributed by atoms with E-state index in [1.54, 1.807) is 29.1 Å². The summed E-state index contributed by atoms with van der Waals surface area (Å²) in [6, 6.07) is 22.3. The summed E-state index contributed by atoms with van der Waals surface area (Å²) in [7, 11) is 0. The van der Waals surface area contributed by atoms with Gasteiger partial charge in [-0.1, -0.05) is 12.1 Å². The Labute approximate surface area is 178 Å². The number of nitrogens with zero attached hydrogens (tertiary/aromatic N) is 4. The molecular weight excluding hydrogens is 390 g/mol. The van der Waals surface area contributed by atoms with E-state index in [2.05, 4.69) is 15.4 Å². The number of pyridine rings is 1. The third-order valence-electron chi connectivity index (χ3n) is 4.79. The number of amides is 1. The van der Waals surface area contributed by atoms with Gasteiger partial charge in [0.1, 0.15) is 18.0 Å². The number of imidazole rings is 1. The fourth-order valence-electron chi connectivity index (χ4n) is 3.27. The zero-order valence-electron chi connectivity index (χ0n) is 16.6. The Morgan fingerprint density at radius 1 is 0.968 bits per heavy atom. The molecule has 1 amide bonds. The van der Waals surface area contributed by atoms with Gasteiger partial charge in [-0.2, -0.15) is 5.10 Å². The minimum absolute atomic E-state index is 0.190. The third-order valence-corrected chi connectivity index (χ3v) is 4.79. The summed E-state index contributed by atoms with van der Waals surface area (Å²) in [6.07, 6.45) is 7.45. The van der Waals surface area contributed by atoms with E-state index in [-0.39, 0.29) is 5.91 Å². The van der Waals surface area contributed by atoms with Crippen molar-refractivity contribution in [3.05, 3.63) is 109 Å². The summed E-state index contributed by atoms with van der Waals surface area (Å²) in [5.74, 6) is 0.466.